The predicted molar refractivity (Wildman–Crippen MR) is 67.9 cm³/mol. The van der Waals surface area contributed by atoms with E-state index in [1.807, 2.05) is 32.6 Å². The summed E-state index contributed by atoms with van der Waals surface area (Å²) in [6, 6.07) is 0.388. The molecule has 1 amide bonds. The summed E-state index contributed by atoms with van der Waals surface area (Å²) in [4.78, 5) is 13.3. The second kappa shape index (κ2) is 10.0. The molecule has 1 saturated heterocycles. The molecule has 1 atom stereocenters. The van der Waals surface area contributed by atoms with Crippen LogP contribution in [-0.2, 0) is 4.79 Å². The smallest absolute Gasteiger partial charge is 0.223 e. The summed E-state index contributed by atoms with van der Waals surface area (Å²) in [5.41, 5.74) is 0. The Balaban J connectivity index is 0. The summed E-state index contributed by atoms with van der Waals surface area (Å²) in [7, 11) is 0. The van der Waals surface area contributed by atoms with Gasteiger partial charge < -0.3 is 4.90 Å². The number of nitrogens with zero attached hydrogens (tertiary/aromatic N) is 1. The van der Waals surface area contributed by atoms with Gasteiger partial charge in [-0.15, -0.1) is 0 Å². The summed E-state index contributed by atoms with van der Waals surface area (Å²) < 4.78 is 0. The van der Waals surface area contributed by atoms with Crippen molar-refractivity contribution in [1.82, 2.24) is 4.90 Å². The molecule has 0 radical (unpaired) electrons. The van der Waals surface area contributed by atoms with E-state index in [0.717, 1.165) is 19.4 Å². The Morgan fingerprint density at radius 2 is 1.73 bits per heavy atom. The molecule has 2 nitrogen and oxygen atoms in total. The molecule has 2 heteroatoms. The number of likely N-dealkylation sites (tertiary alicyclic amines) is 1. The van der Waals surface area contributed by atoms with Crippen molar-refractivity contribution in [2.24, 2.45) is 5.92 Å². The normalized spacial score (nSPS) is 19.3. The average molecular weight is 215 g/mol. The summed E-state index contributed by atoms with van der Waals surface area (Å²) in [5, 5.41) is 0. The van der Waals surface area contributed by atoms with Gasteiger partial charge in [-0.2, -0.15) is 0 Å². The highest BCUT2D eigenvalue weighted by atomic mass is 16.2. The maximum Gasteiger partial charge on any atom is 0.223 e. The van der Waals surface area contributed by atoms with Gasteiger partial charge in [0, 0.05) is 19.0 Å². The van der Waals surface area contributed by atoms with Gasteiger partial charge in [0.15, 0.2) is 0 Å². The highest BCUT2D eigenvalue weighted by Gasteiger charge is 2.29. The van der Waals surface area contributed by atoms with Crippen molar-refractivity contribution in [2.75, 3.05) is 6.54 Å². The fraction of sp³-hybridized carbons (Fsp3) is 0.923. The molecule has 0 saturated carbocycles. The lowest BCUT2D eigenvalue weighted by Gasteiger charge is -2.20. The van der Waals surface area contributed by atoms with Crippen LogP contribution in [0.5, 0.6) is 0 Å². The summed E-state index contributed by atoms with van der Waals surface area (Å²) in [6.07, 6.45) is 1.91. The lowest BCUT2D eigenvalue weighted by molar-refractivity contribution is -0.129. The van der Waals surface area contributed by atoms with Gasteiger partial charge in [-0.25, -0.2) is 0 Å². The molecule has 0 aromatic heterocycles. The van der Waals surface area contributed by atoms with Crippen molar-refractivity contribution in [3.8, 4) is 0 Å². The van der Waals surface area contributed by atoms with E-state index >= 15 is 0 Å². The maximum atomic E-state index is 11.3. The Morgan fingerprint density at radius 3 is 1.93 bits per heavy atom. The zero-order chi connectivity index (χ0) is 12.4. The van der Waals surface area contributed by atoms with Gasteiger partial charge >= 0.3 is 0 Å². The van der Waals surface area contributed by atoms with Crippen LogP contribution in [0.1, 0.15) is 61.3 Å². The van der Waals surface area contributed by atoms with Crippen LogP contribution in [0.3, 0.4) is 0 Å². The third kappa shape index (κ3) is 5.81. The number of amides is 1. The lowest BCUT2D eigenvalue weighted by Crippen LogP contribution is -2.32. The van der Waals surface area contributed by atoms with Gasteiger partial charge in [0.2, 0.25) is 5.91 Å². The van der Waals surface area contributed by atoms with Crippen LogP contribution in [0.25, 0.3) is 0 Å². The fourth-order valence-corrected chi connectivity index (χ4v) is 1.58. The SMILES string of the molecule is CC.CC.CCC1CC(=O)N(C(C)C)C1. The standard InChI is InChI=1S/C9H17NO.2C2H6/c1-4-8-5-9(11)10(6-8)7(2)3;2*1-2/h7-8H,4-6H2,1-3H3;2*1-2H3. The van der Waals surface area contributed by atoms with E-state index < -0.39 is 0 Å². The van der Waals surface area contributed by atoms with E-state index in [0.29, 0.717) is 17.9 Å². The zero-order valence-electron chi connectivity index (χ0n) is 11.6. The summed E-state index contributed by atoms with van der Waals surface area (Å²) in [6.45, 7) is 15.3. The predicted octanol–water partition coefficient (Wildman–Crippen LogP) is 3.71. The van der Waals surface area contributed by atoms with Crippen molar-refractivity contribution in [2.45, 2.75) is 67.3 Å². The number of hydrogen-bond acceptors (Lipinski definition) is 1. The molecule has 1 fully saturated rings. The van der Waals surface area contributed by atoms with E-state index in [9.17, 15) is 4.79 Å². The second-order valence-corrected chi connectivity index (χ2v) is 3.62. The molecule has 0 aromatic rings. The van der Waals surface area contributed by atoms with Gasteiger partial charge in [0.05, 0.1) is 0 Å². The number of carbonyl (C=O) groups excluding carboxylic acids is 1. The van der Waals surface area contributed by atoms with Crippen molar-refractivity contribution < 1.29 is 4.79 Å². The van der Waals surface area contributed by atoms with Gasteiger partial charge in [-0.05, 0) is 19.8 Å². The minimum atomic E-state index is 0.340. The molecule has 1 aliphatic heterocycles. The first-order valence-electron chi connectivity index (χ1n) is 6.44. The van der Waals surface area contributed by atoms with E-state index in [1.165, 1.54) is 0 Å². The van der Waals surface area contributed by atoms with Crippen molar-refractivity contribution in [1.29, 1.82) is 0 Å². The van der Waals surface area contributed by atoms with Gasteiger partial charge in [0.25, 0.3) is 0 Å². The fourth-order valence-electron chi connectivity index (χ4n) is 1.58. The molecule has 1 heterocycles. The molecular weight excluding hydrogens is 186 g/mol. The molecule has 0 aliphatic carbocycles. The molecular formula is C13H29NO. The maximum absolute atomic E-state index is 11.3. The summed E-state index contributed by atoms with van der Waals surface area (Å²) >= 11 is 0. The first-order valence-corrected chi connectivity index (χ1v) is 6.44. The van der Waals surface area contributed by atoms with Crippen LogP contribution in [0.2, 0.25) is 0 Å². The van der Waals surface area contributed by atoms with Crippen molar-refractivity contribution in [3.63, 3.8) is 0 Å². The number of rotatable bonds is 2. The zero-order valence-corrected chi connectivity index (χ0v) is 11.6. The van der Waals surface area contributed by atoms with Crippen LogP contribution in [0.15, 0.2) is 0 Å². The minimum Gasteiger partial charge on any atom is -0.340 e. The molecule has 92 valence electrons. The Hall–Kier alpha value is -0.530. The number of hydrogen-bond donors (Lipinski definition) is 0. The number of carbonyl (C=O) groups is 1. The van der Waals surface area contributed by atoms with Gasteiger partial charge in [0.1, 0.15) is 0 Å². The lowest BCUT2D eigenvalue weighted by atomic mass is 10.1. The van der Waals surface area contributed by atoms with Crippen LogP contribution in [-0.4, -0.2) is 23.4 Å². The van der Waals surface area contributed by atoms with Crippen molar-refractivity contribution in [3.05, 3.63) is 0 Å². The molecule has 0 aromatic carbocycles. The van der Waals surface area contributed by atoms with E-state index in [1.54, 1.807) is 0 Å². The second-order valence-electron chi connectivity index (χ2n) is 3.62. The topological polar surface area (TPSA) is 20.3 Å². The summed E-state index contributed by atoms with van der Waals surface area (Å²) in [5.74, 6) is 0.955. The molecule has 0 N–H and O–H groups in total. The molecule has 1 rings (SSSR count). The monoisotopic (exact) mass is 215 g/mol. The van der Waals surface area contributed by atoms with Gasteiger partial charge in [-0.3, -0.25) is 4.79 Å². The molecule has 15 heavy (non-hydrogen) atoms. The quantitative estimate of drug-likeness (QED) is 0.687. The average Bonchev–Trinajstić information content (AvgIpc) is 2.65. The molecule has 0 bridgehead atoms. The van der Waals surface area contributed by atoms with Crippen LogP contribution in [0, 0.1) is 5.92 Å². The third-order valence-electron chi connectivity index (χ3n) is 2.44. The Bertz CT molecular complexity index is 155. The van der Waals surface area contributed by atoms with Gasteiger partial charge in [-0.1, -0.05) is 41.0 Å². The largest absolute Gasteiger partial charge is 0.340 e. The highest BCUT2D eigenvalue weighted by molar-refractivity contribution is 5.78. The van der Waals surface area contributed by atoms with E-state index in [2.05, 4.69) is 20.8 Å². The molecule has 1 aliphatic rings. The van der Waals surface area contributed by atoms with E-state index in [-0.39, 0.29) is 0 Å². The highest BCUT2D eigenvalue weighted by Crippen LogP contribution is 2.21. The van der Waals surface area contributed by atoms with E-state index in [4.69, 9.17) is 0 Å². The van der Waals surface area contributed by atoms with Crippen molar-refractivity contribution >= 4 is 5.91 Å². The molecule has 0 spiro atoms. The first kappa shape index (κ1) is 16.9. The minimum absolute atomic E-state index is 0.340. The van der Waals surface area contributed by atoms with Crippen LogP contribution >= 0.6 is 0 Å². The molecule has 1 unspecified atom stereocenters. The Labute approximate surface area is 96.0 Å². The Kier molecular flexibility index (Phi) is 11.3. The van der Waals surface area contributed by atoms with Crippen LogP contribution < -0.4 is 0 Å². The van der Waals surface area contributed by atoms with Crippen LogP contribution in [0.4, 0.5) is 0 Å². The third-order valence-corrected chi connectivity index (χ3v) is 2.44. The Morgan fingerprint density at radius 1 is 1.27 bits per heavy atom. The first-order chi connectivity index (χ1) is 7.15.